The molecule has 2 aromatic rings. The van der Waals surface area contributed by atoms with Gasteiger partial charge in [-0.15, -0.1) is 0 Å². The maximum Gasteiger partial charge on any atom is 0.277 e. The van der Waals surface area contributed by atoms with Crippen LogP contribution in [-0.2, 0) is 4.79 Å². The average Bonchev–Trinajstić information content (AvgIpc) is 2.66. The number of nitrogens with one attached hydrogen (secondary N) is 1. The average molecular weight is 423 g/mol. The molecule has 0 fully saturated rings. The highest BCUT2D eigenvalue weighted by Crippen LogP contribution is 2.35. The van der Waals surface area contributed by atoms with Crippen LogP contribution in [-0.4, -0.2) is 40.1 Å². The zero-order chi connectivity index (χ0) is 18.9. The Kier molecular flexibility index (Phi) is 7.28. The molecule has 0 aliphatic carbocycles. The van der Waals surface area contributed by atoms with Crippen molar-refractivity contribution in [2.24, 2.45) is 5.10 Å². The number of hydrogen-bond acceptors (Lipinski definition) is 6. The predicted molar refractivity (Wildman–Crippen MR) is 101 cm³/mol. The number of hydrogen-bond donors (Lipinski definition) is 1. The molecule has 0 unspecified atom stereocenters. The summed E-state index contributed by atoms with van der Waals surface area (Å²) in [5.74, 6) is 1.77. The van der Waals surface area contributed by atoms with Crippen LogP contribution in [0.4, 0.5) is 0 Å². The summed E-state index contributed by atoms with van der Waals surface area (Å²) < 4.78 is 21.8. The Bertz CT molecular complexity index is 795. The first-order chi connectivity index (χ1) is 12.6. The molecule has 0 bridgehead atoms. The van der Waals surface area contributed by atoms with Crippen LogP contribution in [0.2, 0.25) is 0 Å². The molecule has 1 amide bonds. The van der Waals surface area contributed by atoms with E-state index in [1.165, 1.54) is 13.3 Å². The van der Waals surface area contributed by atoms with E-state index in [1.54, 1.807) is 44.6 Å². The van der Waals surface area contributed by atoms with Gasteiger partial charge >= 0.3 is 0 Å². The van der Waals surface area contributed by atoms with Gasteiger partial charge in [0.15, 0.2) is 29.6 Å². The van der Waals surface area contributed by atoms with Gasteiger partial charge in [-0.25, -0.2) is 5.43 Å². The molecule has 1 N–H and O–H groups in total. The van der Waals surface area contributed by atoms with E-state index in [1.807, 2.05) is 6.07 Å². The number of ether oxygens (including phenoxy) is 4. The standard InChI is InChI=1S/C18H19BrN2O5/c1-23-14-6-4-5-7-15(14)26-11-17(22)21-20-10-12-8-13(19)18(25-3)16(9-12)24-2/h4-10H,11H2,1-3H3,(H,21,22)/b20-10-. The third-order valence-corrected chi connectivity index (χ3v) is 3.88. The van der Waals surface area contributed by atoms with E-state index in [9.17, 15) is 4.79 Å². The molecule has 0 saturated carbocycles. The molecule has 2 rings (SSSR count). The number of carbonyl (C=O) groups excluding carboxylic acids is 1. The molecule has 7 nitrogen and oxygen atoms in total. The van der Waals surface area contributed by atoms with Gasteiger partial charge in [0.25, 0.3) is 5.91 Å². The monoisotopic (exact) mass is 422 g/mol. The van der Waals surface area contributed by atoms with Crippen molar-refractivity contribution in [3.63, 3.8) is 0 Å². The molecular weight excluding hydrogens is 404 g/mol. The first-order valence-electron chi connectivity index (χ1n) is 7.58. The minimum atomic E-state index is -0.397. The normalized spacial score (nSPS) is 10.5. The zero-order valence-corrected chi connectivity index (χ0v) is 16.2. The summed E-state index contributed by atoms with van der Waals surface area (Å²) in [7, 11) is 4.63. The highest BCUT2D eigenvalue weighted by atomic mass is 79.9. The quantitative estimate of drug-likeness (QED) is 0.522. The number of hydrazone groups is 1. The van der Waals surface area contributed by atoms with Crippen LogP contribution in [0.15, 0.2) is 46.0 Å². The Labute approximate surface area is 160 Å². The molecule has 0 atom stereocenters. The number of nitrogens with zero attached hydrogens (tertiary/aromatic N) is 1. The molecule has 0 heterocycles. The fourth-order valence-electron chi connectivity index (χ4n) is 2.10. The second kappa shape index (κ2) is 9.67. The molecule has 2 aromatic carbocycles. The van der Waals surface area contributed by atoms with Gasteiger partial charge in [-0.3, -0.25) is 4.79 Å². The van der Waals surface area contributed by atoms with Crippen LogP contribution in [0.3, 0.4) is 0 Å². The predicted octanol–water partition coefficient (Wildman–Crippen LogP) is 3.00. The molecule has 26 heavy (non-hydrogen) atoms. The minimum absolute atomic E-state index is 0.187. The number of methoxy groups -OCH3 is 3. The van der Waals surface area contributed by atoms with Crippen LogP contribution in [0.25, 0.3) is 0 Å². The molecule has 0 radical (unpaired) electrons. The molecular formula is C18H19BrN2O5. The molecule has 0 aliphatic rings. The lowest BCUT2D eigenvalue weighted by molar-refractivity contribution is -0.123. The number of carbonyl (C=O) groups is 1. The van der Waals surface area contributed by atoms with E-state index < -0.39 is 5.91 Å². The number of benzene rings is 2. The maximum absolute atomic E-state index is 11.9. The highest BCUT2D eigenvalue weighted by Gasteiger charge is 2.10. The van der Waals surface area contributed by atoms with Crippen molar-refractivity contribution in [1.29, 1.82) is 0 Å². The lowest BCUT2D eigenvalue weighted by atomic mass is 10.2. The van der Waals surface area contributed by atoms with Crippen LogP contribution >= 0.6 is 15.9 Å². The topological polar surface area (TPSA) is 78.4 Å². The third kappa shape index (κ3) is 5.13. The Morgan fingerprint density at radius 1 is 1.08 bits per heavy atom. The molecule has 0 aliphatic heterocycles. The van der Waals surface area contributed by atoms with Crippen molar-refractivity contribution >= 4 is 28.1 Å². The van der Waals surface area contributed by atoms with E-state index >= 15 is 0 Å². The van der Waals surface area contributed by atoms with Crippen molar-refractivity contribution in [1.82, 2.24) is 5.43 Å². The van der Waals surface area contributed by atoms with Gasteiger partial charge in [0, 0.05) is 0 Å². The summed E-state index contributed by atoms with van der Waals surface area (Å²) in [6, 6.07) is 10.6. The Morgan fingerprint density at radius 3 is 2.42 bits per heavy atom. The second-order valence-corrected chi connectivity index (χ2v) is 5.83. The van der Waals surface area contributed by atoms with Gasteiger partial charge in [-0.05, 0) is 45.8 Å². The highest BCUT2D eigenvalue weighted by molar-refractivity contribution is 9.10. The minimum Gasteiger partial charge on any atom is -0.493 e. The number of halogens is 1. The smallest absolute Gasteiger partial charge is 0.277 e. The number of para-hydroxylation sites is 2. The Morgan fingerprint density at radius 2 is 1.77 bits per heavy atom. The van der Waals surface area contributed by atoms with Crippen LogP contribution in [0.1, 0.15) is 5.56 Å². The second-order valence-electron chi connectivity index (χ2n) is 4.97. The van der Waals surface area contributed by atoms with Gasteiger partial charge in [0.05, 0.1) is 32.0 Å². The summed E-state index contributed by atoms with van der Waals surface area (Å²) >= 11 is 3.40. The summed E-state index contributed by atoms with van der Waals surface area (Å²) in [5.41, 5.74) is 3.12. The van der Waals surface area contributed by atoms with Crippen molar-refractivity contribution < 1.29 is 23.7 Å². The Hall–Kier alpha value is -2.74. The molecule has 0 spiro atoms. The van der Waals surface area contributed by atoms with Crippen LogP contribution < -0.4 is 24.4 Å². The van der Waals surface area contributed by atoms with Gasteiger partial charge < -0.3 is 18.9 Å². The van der Waals surface area contributed by atoms with Crippen molar-refractivity contribution in [2.75, 3.05) is 27.9 Å². The largest absolute Gasteiger partial charge is 0.493 e. The maximum atomic E-state index is 11.9. The summed E-state index contributed by atoms with van der Waals surface area (Å²) in [5, 5.41) is 3.92. The molecule has 0 saturated heterocycles. The third-order valence-electron chi connectivity index (χ3n) is 3.29. The van der Waals surface area contributed by atoms with Gasteiger partial charge in [-0.1, -0.05) is 12.1 Å². The van der Waals surface area contributed by atoms with Crippen LogP contribution in [0, 0.1) is 0 Å². The fraction of sp³-hybridized carbons (Fsp3) is 0.222. The molecule has 8 heteroatoms. The summed E-state index contributed by atoms with van der Waals surface area (Å²) in [6.07, 6.45) is 1.49. The fourth-order valence-corrected chi connectivity index (χ4v) is 2.73. The van der Waals surface area contributed by atoms with Crippen molar-refractivity contribution in [3.05, 3.63) is 46.4 Å². The van der Waals surface area contributed by atoms with Crippen molar-refractivity contribution in [2.45, 2.75) is 0 Å². The molecule has 0 aromatic heterocycles. The number of rotatable bonds is 8. The van der Waals surface area contributed by atoms with E-state index in [0.717, 1.165) is 5.56 Å². The van der Waals surface area contributed by atoms with E-state index in [2.05, 4.69) is 26.5 Å². The van der Waals surface area contributed by atoms with Crippen LogP contribution in [0.5, 0.6) is 23.0 Å². The van der Waals surface area contributed by atoms with Gasteiger partial charge in [0.2, 0.25) is 0 Å². The zero-order valence-electron chi connectivity index (χ0n) is 14.6. The van der Waals surface area contributed by atoms with Gasteiger partial charge in [0.1, 0.15) is 0 Å². The molecule has 138 valence electrons. The van der Waals surface area contributed by atoms with E-state index in [4.69, 9.17) is 18.9 Å². The van der Waals surface area contributed by atoms with Crippen molar-refractivity contribution in [3.8, 4) is 23.0 Å². The van der Waals surface area contributed by atoms with E-state index in [-0.39, 0.29) is 6.61 Å². The lowest BCUT2D eigenvalue weighted by Crippen LogP contribution is -2.24. The summed E-state index contributed by atoms with van der Waals surface area (Å²) in [6.45, 7) is -0.187. The first-order valence-corrected chi connectivity index (χ1v) is 8.37. The first kappa shape index (κ1) is 19.6. The Balaban J connectivity index is 1.94. The summed E-state index contributed by atoms with van der Waals surface area (Å²) in [4.78, 5) is 11.9. The number of amides is 1. The van der Waals surface area contributed by atoms with E-state index in [0.29, 0.717) is 27.5 Å². The van der Waals surface area contributed by atoms with Gasteiger partial charge in [-0.2, -0.15) is 5.10 Å². The lowest BCUT2D eigenvalue weighted by Gasteiger charge is -2.10. The SMILES string of the molecule is COc1ccccc1OCC(=O)N/N=C\c1cc(Br)c(OC)c(OC)c1.